The molecular weight excluding hydrogens is 312 g/mol. The van der Waals surface area contributed by atoms with Crippen molar-refractivity contribution in [2.24, 2.45) is 0 Å². The van der Waals surface area contributed by atoms with Crippen molar-refractivity contribution in [3.8, 4) is 5.75 Å². The molecule has 1 atom stereocenters. The molecule has 0 saturated carbocycles. The third kappa shape index (κ3) is 6.87. The maximum absolute atomic E-state index is 12.3. The van der Waals surface area contributed by atoms with E-state index in [1.807, 2.05) is 0 Å². The number of phenols is 1. The number of carbonyl (C=O) groups is 2. The molecule has 7 nitrogen and oxygen atoms in total. The summed E-state index contributed by atoms with van der Waals surface area (Å²) >= 11 is 0. The Balaban J connectivity index is 2.75. The van der Waals surface area contributed by atoms with Crippen LogP contribution in [0.3, 0.4) is 0 Å². The first-order valence-electron chi connectivity index (χ1n) is 7.71. The Bertz CT molecular complexity index is 551. The van der Waals surface area contributed by atoms with E-state index < -0.39 is 17.7 Å². The van der Waals surface area contributed by atoms with Gasteiger partial charge in [-0.3, -0.25) is 9.63 Å². The zero-order valence-electron chi connectivity index (χ0n) is 14.8. The van der Waals surface area contributed by atoms with Crippen LogP contribution in [0.4, 0.5) is 4.79 Å². The van der Waals surface area contributed by atoms with E-state index in [4.69, 9.17) is 9.57 Å². The number of hydrogen-bond donors (Lipinski definition) is 2. The number of alkyl carbamates (subject to hydrolysis) is 1. The normalized spacial score (nSPS) is 12.4. The molecule has 0 spiro atoms. The van der Waals surface area contributed by atoms with Crippen LogP contribution in [0.1, 0.15) is 32.8 Å². The second-order valence-corrected chi connectivity index (χ2v) is 6.42. The number of amides is 2. The lowest BCUT2D eigenvalue weighted by molar-refractivity contribution is -0.171. The number of phenolic OH excluding ortho intramolecular Hbond substituents is 1. The molecule has 0 radical (unpaired) electrons. The zero-order chi connectivity index (χ0) is 18.3. The summed E-state index contributed by atoms with van der Waals surface area (Å²) < 4.78 is 5.20. The highest BCUT2D eigenvalue weighted by Gasteiger charge is 2.26. The summed E-state index contributed by atoms with van der Waals surface area (Å²) in [6.07, 6.45) is 0.261. The Hall–Kier alpha value is -2.28. The van der Waals surface area contributed by atoms with Crippen molar-refractivity contribution in [3.63, 3.8) is 0 Å². The standard InChI is InChI=1S/C17H26N2O5/c1-17(2,3)24-16(22)18-14(15(21)19(4)23-5)11-8-12-6-9-13(20)10-7-12/h6-7,9-10,14,20H,8,11H2,1-5H3,(H,18,22)/t14-/m1/s1. The van der Waals surface area contributed by atoms with E-state index in [1.165, 1.54) is 14.2 Å². The fourth-order valence-electron chi connectivity index (χ4n) is 1.99. The maximum atomic E-state index is 12.3. The van der Waals surface area contributed by atoms with E-state index in [0.717, 1.165) is 10.6 Å². The monoisotopic (exact) mass is 338 g/mol. The Morgan fingerprint density at radius 1 is 1.25 bits per heavy atom. The first-order valence-corrected chi connectivity index (χ1v) is 7.71. The molecule has 0 unspecified atom stereocenters. The number of rotatable bonds is 6. The summed E-state index contributed by atoms with van der Waals surface area (Å²) in [6, 6.07) is 5.91. The van der Waals surface area contributed by atoms with Gasteiger partial charge in [0.25, 0.3) is 5.91 Å². The van der Waals surface area contributed by atoms with Crippen molar-refractivity contribution in [3.05, 3.63) is 29.8 Å². The summed E-state index contributed by atoms with van der Waals surface area (Å²) in [4.78, 5) is 29.2. The van der Waals surface area contributed by atoms with Crippen molar-refractivity contribution in [1.29, 1.82) is 0 Å². The summed E-state index contributed by atoms with van der Waals surface area (Å²) in [5.41, 5.74) is 0.290. The fraction of sp³-hybridized carbons (Fsp3) is 0.529. The molecule has 1 rings (SSSR count). The van der Waals surface area contributed by atoms with Gasteiger partial charge in [-0.15, -0.1) is 0 Å². The molecular formula is C17H26N2O5. The lowest BCUT2D eigenvalue weighted by Gasteiger charge is -2.25. The van der Waals surface area contributed by atoms with Gasteiger partial charge in [-0.25, -0.2) is 9.86 Å². The van der Waals surface area contributed by atoms with E-state index >= 15 is 0 Å². The molecule has 0 aliphatic carbocycles. The predicted molar refractivity (Wildman–Crippen MR) is 89.4 cm³/mol. The van der Waals surface area contributed by atoms with E-state index in [2.05, 4.69) is 5.32 Å². The quantitative estimate of drug-likeness (QED) is 0.777. The van der Waals surface area contributed by atoms with Crippen LogP contribution in [0.2, 0.25) is 0 Å². The summed E-state index contributed by atoms with van der Waals surface area (Å²) in [5.74, 6) is -0.195. The molecule has 7 heteroatoms. The second kappa shape index (κ2) is 8.54. The molecule has 24 heavy (non-hydrogen) atoms. The van der Waals surface area contributed by atoms with Gasteiger partial charge in [-0.2, -0.15) is 0 Å². The molecule has 0 fully saturated rings. The Labute approximate surface area is 142 Å². The third-order valence-electron chi connectivity index (χ3n) is 3.23. The van der Waals surface area contributed by atoms with Crippen molar-refractivity contribution < 1.29 is 24.3 Å². The van der Waals surface area contributed by atoms with Crippen LogP contribution < -0.4 is 5.32 Å². The van der Waals surface area contributed by atoms with Gasteiger partial charge in [0.1, 0.15) is 17.4 Å². The smallest absolute Gasteiger partial charge is 0.408 e. The molecule has 0 bridgehead atoms. The minimum atomic E-state index is -0.779. The number of aromatic hydroxyl groups is 1. The fourth-order valence-corrected chi connectivity index (χ4v) is 1.99. The lowest BCUT2D eigenvalue weighted by atomic mass is 10.0. The topological polar surface area (TPSA) is 88.1 Å². The van der Waals surface area contributed by atoms with Gasteiger partial charge in [-0.1, -0.05) is 12.1 Å². The Kier molecular flexibility index (Phi) is 7.03. The van der Waals surface area contributed by atoms with Crippen molar-refractivity contribution in [1.82, 2.24) is 10.4 Å². The van der Waals surface area contributed by atoms with Crippen LogP contribution in [0.5, 0.6) is 5.75 Å². The molecule has 134 valence electrons. The van der Waals surface area contributed by atoms with Crippen molar-refractivity contribution in [2.45, 2.75) is 45.3 Å². The molecule has 1 aromatic carbocycles. The minimum Gasteiger partial charge on any atom is -0.508 e. The number of nitrogens with zero attached hydrogens (tertiary/aromatic N) is 1. The van der Waals surface area contributed by atoms with E-state index in [9.17, 15) is 14.7 Å². The highest BCUT2D eigenvalue weighted by atomic mass is 16.7. The number of benzene rings is 1. The van der Waals surface area contributed by atoms with Crippen LogP contribution in [0.15, 0.2) is 24.3 Å². The van der Waals surface area contributed by atoms with E-state index in [-0.39, 0.29) is 11.7 Å². The lowest BCUT2D eigenvalue weighted by Crippen LogP contribution is -2.48. The van der Waals surface area contributed by atoms with E-state index in [0.29, 0.717) is 12.8 Å². The van der Waals surface area contributed by atoms with Gasteiger partial charge in [0.05, 0.1) is 7.11 Å². The SMILES string of the molecule is CON(C)C(=O)[C@@H](CCc1ccc(O)cc1)NC(=O)OC(C)(C)C. The Morgan fingerprint density at radius 2 is 1.83 bits per heavy atom. The minimum absolute atomic E-state index is 0.178. The van der Waals surface area contributed by atoms with Crippen molar-refractivity contribution in [2.75, 3.05) is 14.2 Å². The zero-order valence-corrected chi connectivity index (χ0v) is 14.8. The molecule has 2 amide bonds. The van der Waals surface area contributed by atoms with Gasteiger partial charge >= 0.3 is 6.09 Å². The number of carbonyl (C=O) groups excluding carboxylic acids is 2. The summed E-state index contributed by atoms with van der Waals surface area (Å²) in [7, 11) is 2.86. The van der Waals surface area contributed by atoms with Gasteiger partial charge in [-0.05, 0) is 51.3 Å². The van der Waals surface area contributed by atoms with Gasteiger partial charge < -0.3 is 15.2 Å². The highest BCUT2D eigenvalue weighted by Crippen LogP contribution is 2.13. The Morgan fingerprint density at radius 3 is 2.33 bits per heavy atom. The van der Waals surface area contributed by atoms with Crippen LogP contribution in [-0.2, 0) is 20.8 Å². The van der Waals surface area contributed by atoms with E-state index in [1.54, 1.807) is 45.0 Å². The van der Waals surface area contributed by atoms with Crippen LogP contribution in [0, 0.1) is 0 Å². The van der Waals surface area contributed by atoms with Gasteiger partial charge in [0, 0.05) is 7.05 Å². The third-order valence-corrected chi connectivity index (χ3v) is 3.23. The number of hydroxylamine groups is 2. The van der Waals surface area contributed by atoms with Crippen LogP contribution in [0.25, 0.3) is 0 Å². The summed E-state index contributed by atoms with van der Waals surface area (Å²) in [5, 5.41) is 13.0. The average molecular weight is 338 g/mol. The number of aryl methyl sites for hydroxylation is 1. The maximum Gasteiger partial charge on any atom is 0.408 e. The number of nitrogens with one attached hydrogen (secondary N) is 1. The first kappa shape index (κ1) is 19.8. The predicted octanol–water partition coefficient (Wildman–Crippen LogP) is 2.24. The summed E-state index contributed by atoms with van der Waals surface area (Å²) in [6.45, 7) is 5.25. The average Bonchev–Trinajstić information content (AvgIpc) is 2.49. The molecule has 0 aliphatic rings. The first-order chi connectivity index (χ1) is 11.1. The van der Waals surface area contributed by atoms with Crippen LogP contribution >= 0.6 is 0 Å². The molecule has 0 aliphatic heterocycles. The molecule has 1 aromatic rings. The number of hydrogen-bond acceptors (Lipinski definition) is 5. The highest BCUT2D eigenvalue weighted by molar-refractivity contribution is 5.84. The van der Waals surface area contributed by atoms with Crippen molar-refractivity contribution >= 4 is 12.0 Å². The van der Waals surface area contributed by atoms with Gasteiger partial charge in [0.2, 0.25) is 0 Å². The van der Waals surface area contributed by atoms with Crippen LogP contribution in [-0.4, -0.2) is 48.0 Å². The van der Waals surface area contributed by atoms with Gasteiger partial charge in [0.15, 0.2) is 0 Å². The molecule has 0 heterocycles. The second-order valence-electron chi connectivity index (χ2n) is 6.42. The number of likely N-dealkylation sites (N-methyl/N-ethyl adjacent to an activating group) is 1. The molecule has 0 aromatic heterocycles. The molecule has 0 saturated heterocycles. The largest absolute Gasteiger partial charge is 0.508 e. The number of ether oxygens (including phenoxy) is 1. The molecule has 2 N–H and O–H groups in total.